The van der Waals surface area contributed by atoms with Gasteiger partial charge in [-0.2, -0.15) is 5.10 Å². The second-order valence-electron chi connectivity index (χ2n) is 5.17. The van der Waals surface area contributed by atoms with Gasteiger partial charge in [0.2, 0.25) is 0 Å². The number of nitrogens with zero attached hydrogens (tertiary/aromatic N) is 1. The second-order valence-corrected chi connectivity index (χ2v) is 5.17. The second kappa shape index (κ2) is 9.88. The Hall–Kier alpha value is -3.28. The molecule has 1 N–H and O–H groups in total. The van der Waals surface area contributed by atoms with Gasteiger partial charge in [0, 0.05) is 5.56 Å². The van der Waals surface area contributed by atoms with Gasteiger partial charge >= 0.3 is 0 Å². The SMILES string of the molecule is C=CCOc1ccc(C(=O)N/N=C/c2cccc(OCC)c2)cc1OC. The Morgan fingerprint density at radius 2 is 2.04 bits per heavy atom. The molecule has 2 aromatic rings. The Morgan fingerprint density at radius 1 is 1.19 bits per heavy atom. The third-order valence-electron chi connectivity index (χ3n) is 3.33. The van der Waals surface area contributed by atoms with E-state index in [9.17, 15) is 4.79 Å². The Labute approximate surface area is 153 Å². The summed E-state index contributed by atoms with van der Waals surface area (Å²) in [4.78, 5) is 12.2. The highest BCUT2D eigenvalue weighted by Gasteiger charge is 2.10. The van der Waals surface area contributed by atoms with E-state index in [4.69, 9.17) is 14.2 Å². The number of nitrogens with one attached hydrogen (secondary N) is 1. The minimum atomic E-state index is -0.351. The molecule has 0 aliphatic carbocycles. The topological polar surface area (TPSA) is 69.2 Å². The van der Waals surface area contributed by atoms with Crippen molar-refractivity contribution in [1.29, 1.82) is 0 Å². The van der Waals surface area contributed by atoms with Crippen molar-refractivity contribution >= 4 is 12.1 Å². The van der Waals surface area contributed by atoms with Crippen LogP contribution in [-0.2, 0) is 0 Å². The molecule has 2 aromatic carbocycles. The largest absolute Gasteiger partial charge is 0.494 e. The van der Waals surface area contributed by atoms with Crippen molar-refractivity contribution in [1.82, 2.24) is 5.43 Å². The molecule has 0 saturated carbocycles. The number of methoxy groups -OCH3 is 1. The summed E-state index contributed by atoms with van der Waals surface area (Å²) >= 11 is 0. The monoisotopic (exact) mass is 354 g/mol. The van der Waals surface area contributed by atoms with E-state index in [1.807, 2.05) is 31.2 Å². The summed E-state index contributed by atoms with van der Waals surface area (Å²) in [6.07, 6.45) is 3.19. The van der Waals surface area contributed by atoms with Gasteiger partial charge < -0.3 is 14.2 Å². The van der Waals surface area contributed by atoms with Gasteiger partial charge in [-0.25, -0.2) is 5.43 Å². The highest BCUT2D eigenvalue weighted by Crippen LogP contribution is 2.28. The third kappa shape index (κ3) is 5.37. The van der Waals surface area contributed by atoms with E-state index >= 15 is 0 Å². The van der Waals surface area contributed by atoms with Crippen molar-refractivity contribution in [2.24, 2.45) is 5.10 Å². The molecule has 2 rings (SSSR count). The molecule has 1 amide bonds. The highest BCUT2D eigenvalue weighted by molar-refractivity contribution is 5.95. The Bertz CT molecular complexity index is 787. The Morgan fingerprint density at radius 3 is 2.77 bits per heavy atom. The fourth-order valence-corrected chi connectivity index (χ4v) is 2.16. The maximum absolute atomic E-state index is 12.2. The van der Waals surface area contributed by atoms with E-state index in [0.29, 0.717) is 30.3 Å². The number of benzene rings is 2. The molecule has 0 aliphatic rings. The van der Waals surface area contributed by atoms with Crippen molar-refractivity contribution in [2.45, 2.75) is 6.92 Å². The zero-order valence-corrected chi connectivity index (χ0v) is 14.9. The van der Waals surface area contributed by atoms with E-state index in [-0.39, 0.29) is 5.91 Å². The number of amides is 1. The van der Waals surface area contributed by atoms with Crippen molar-refractivity contribution < 1.29 is 19.0 Å². The molecule has 0 spiro atoms. The molecule has 0 heterocycles. The van der Waals surface area contributed by atoms with Crippen LogP contribution in [-0.4, -0.2) is 32.4 Å². The number of hydrazone groups is 1. The summed E-state index contributed by atoms with van der Waals surface area (Å²) in [6.45, 7) is 6.46. The van der Waals surface area contributed by atoms with Crippen LogP contribution >= 0.6 is 0 Å². The molecule has 0 atom stereocenters. The van der Waals surface area contributed by atoms with Crippen molar-refractivity contribution in [3.63, 3.8) is 0 Å². The van der Waals surface area contributed by atoms with Gasteiger partial charge in [0.25, 0.3) is 5.91 Å². The summed E-state index contributed by atoms with van der Waals surface area (Å²) in [5, 5.41) is 3.98. The zero-order chi connectivity index (χ0) is 18.8. The number of hydrogen-bond donors (Lipinski definition) is 1. The van der Waals surface area contributed by atoms with Crippen molar-refractivity contribution in [2.75, 3.05) is 20.3 Å². The fraction of sp³-hybridized carbons (Fsp3) is 0.200. The molecular weight excluding hydrogens is 332 g/mol. The lowest BCUT2D eigenvalue weighted by molar-refractivity contribution is 0.0954. The number of carbonyl (C=O) groups is 1. The van der Waals surface area contributed by atoms with Crippen LogP contribution in [0.25, 0.3) is 0 Å². The molecule has 0 aromatic heterocycles. The minimum Gasteiger partial charge on any atom is -0.494 e. The molecule has 136 valence electrons. The number of rotatable bonds is 9. The van der Waals surface area contributed by atoms with E-state index in [2.05, 4.69) is 17.1 Å². The van der Waals surface area contributed by atoms with Crippen LogP contribution in [0, 0.1) is 0 Å². The predicted octanol–water partition coefficient (Wildman–Crippen LogP) is 3.42. The van der Waals surface area contributed by atoms with Crippen LogP contribution in [0.1, 0.15) is 22.8 Å². The summed E-state index contributed by atoms with van der Waals surface area (Å²) in [5.74, 6) is 1.41. The van der Waals surface area contributed by atoms with Crippen molar-refractivity contribution in [3.8, 4) is 17.2 Å². The van der Waals surface area contributed by atoms with Crippen LogP contribution in [0.15, 0.2) is 60.2 Å². The van der Waals surface area contributed by atoms with Crippen LogP contribution < -0.4 is 19.6 Å². The molecule has 0 bridgehead atoms. The van der Waals surface area contributed by atoms with Gasteiger partial charge in [0.05, 0.1) is 19.9 Å². The van der Waals surface area contributed by atoms with Gasteiger partial charge in [0.15, 0.2) is 11.5 Å². The van der Waals surface area contributed by atoms with Crippen LogP contribution in [0.3, 0.4) is 0 Å². The first kappa shape index (κ1) is 19.1. The normalized spacial score (nSPS) is 10.4. The average Bonchev–Trinajstić information content (AvgIpc) is 2.66. The minimum absolute atomic E-state index is 0.351. The van der Waals surface area contributed by atoms with E-state index < -0.39 is 0 Å². The standard InChI is InChI=1S/C20H22N2O4/c1-4-11-26-18-10-9-16(13-19(18)24-3)20(23)22-21-14-15-7-6-8-17(12-15)25-5-2/h4,6-10,12-14H,1,5,11H2,2-3H3,(H,22,23)/b21-14+. The summed E-state index contributed by atoms with van der Waals surface area (Å²) in [6, 6.07) is 12.3. The molecule has 0 unspecified atom stereocenters. The third-order valence-corrected chi connectivity index (χ3v) is 3.33. The summed E-state index contributed by atoms with van der Waals surface area (Å²) < 4.78 is 16.1. The molecule has 0 saturated heterocycles. The smallest absolute Gasteiger partial charge is 0.271 e. The lowest BCUT2D eigenvalue weighted by atomic mass is 10.2. The van der Waals surface area contributed by atoms with Crippen LogP contribution in [0.4, 0.5) is 0 Å². The number of hydrogen-bond acceptors (Lipinski definition) is 5. The molecule has 0 radical (unpaired) electrons. The summed E-state index contributed by atoms with van der Waals surface area (Å²) in [7, 11) is 1.52. The molecule has 0 fully saturated rings. The molecule has 6 heteroatoms. The van der Waals surface area contributed by atoms with Crippen molar-refractivity contribution in [3.05, 3.63) is 66.2 Å². The average molecular weight is 354 g/mol. The number of ether oxygens (including phenoxy) is 3. The first-order valence-corrected chi connectivity index (χ1v) is 8.16. The maximum Gasteiger partial charge on any atom is 0.271 e. The van der Waals surface area contributed by atoms with Crippen LogP contribution in [0.2, 0.25) is 0 Å². The predicted molar refractivity (Wildman–Crippen MR) is 101 cm³/mol. The van der Waals surface area contributed by atoms with Gasteiger partial charge in [0.1, 0.15) is 12.4 Å². The quantitative estimate of drug-likeness (QED) is 0.426. The van der Waals surface area contributed by atoms with E-state index in [0.717, 1.165) is 11.3 Å². The molecular formula is C20H22N2O4. The first-order chi connectivity index (χ1) is 12.7. The van der Waals surface area contributed by atoms with Gasteiger partial charge in [-0.1, -0.05) is 24.8 Å². The van der Waals surface area contributed by atoms with Gasteiger partial charge in [-0.3, -0.25) is 4.79 Å². The van der Waals surface area contributed by atoms with Gasteiger partial charge in [-0.15, -0.1) is 0 Å². The Kier molecular flexibility index (Phi) is 7.24. The van der Waals surface area contributed by atoms with Crippen LogP contribution in [0.5, 0.6) is 17.2 Å². The lowest BCUT2D eigenvalue weighted by Gasteiger charge is -2.10. The fourth-order valence-electron chi connectivity index (χ4n) is 2.16. The number of carbonyl (C=O) groups excluding carboxylic acids is 1. The molecule has 0 aliphatic heterocycles. The summed E-state index contributed by atoms with van der Waals surface area (Å²) in [5.41, 5.74) is 3.72. The highest BCUT2D eigenvalue weighted by atomic mass is 16.5. The maximum atomic E-state index is 12.2. The van der Waals surface area contributed by atoms with E-state index in [1.165, 1.54) is 7.11 Å². The van der Waals surface area contributed by atoms with E-state index in [1.54, 1.807) is 30.5 Å². The molecule has 26 heavy (non-hydrogen) atoms. The molecule has 6 nitrogen and oxygen atoms in total. The lowest BCUT2D eigenvalue weighted by Crippen LogP contribution is -2.17. The first-order valence-electron chi connectivity index (χ1n) is 8.16. The zero-order valence-electron chi connectivity index (χ0n) is 14.9. The Balaban J connectivity index is 2.03. The van der Waals surface area contributed by atoms with Gasteiger partial charge in [-0.05, 0) is 42.8 Å².